The Morgan fingerprint density at radius 1 is 1.37 bits per heavy atom. The molecule has 0 unspecified atom stereocenters. The van der Waals surface area contributed by atoms with E-state index in [1.807, 2.05) is 6.07 Å². The van der Waals surface area contributed by atoms with E-state index in [0.29, 0.717) is 23.6 Å². The van der Waals surface area contributed by atoms with Crippen molar-refractivity contribution in [1.82, 2.24) is 4.57 Å². The summed E-state index contributed by atoms with van der Waals surface area (Å²) in [5, 5.41) is 9.68. The van der Waals surface area contributed by atoms with E-state index < -0.39 is 23.6 Å². The molecule has 2 aromatic rings. The minimum Gasteiger partial charge on any atom is -0.492 e. The first kappa shape index (κ1) is 19.4. The molecule has 160 valence electrons. The van der Waals surface area contributed by atoms with Gasteiger partial charge >= 0.3 is 5.97 Å². The third-order valence-electron chi connectivity index (χ3n) is 7.23. The van der Waals surface area contributed by atoms with Crippen molar-refractivity contribution in [2.24, 2.45) is 11.7 Å². The number of nitrogens with two attached hydrogens (primary N) is 1. The van der Waals surface area contributed by atoms with E-state index in [9.17, 15) is 19.1 Å². The lowest BCUT2D eigenvalue weighted by Gasteiger charge is -2.43. The van der Waals surface area contributed by atoms with Gasteiger partial charge in [-0.15, -0.1) is 0 Å². The van der Waals surface area contributed by atoms with Gasteiger partial charge in [0.2, 0.25) is 5.43 Å². The van der Waals surface area contributed by atoms with Crippen molar-refractivity contribution in [2.75, 3.05) is 25.1 Å². The summed E-state index contributed by atoms with van der Waals surface area (Å²) in [5.41, 5.74) is 6.84. The maximum absolute atomic E-state index is 14.0. The Morgan fingerprint density at radius 2 is 2.10 bits per heavy atom. The summed E-state index contributed by atoms with van der Waals surface area (Å²) in [7, 11) is 1.53. The van der Waals surface area contributed by atoms with Gasteiger partial charge in [0.25, 0.3) is 0 Å². The molecule has 2 heterocycles. The molecule has 1 aliphatic heterocycles. The highest BCUT2D eigenvalue weighted by Gasteiger charge is 2.44. The lowest BCUT2D eigenvalue weighted by atomic mass is 9.68. The second-order valence-corrected chi connectivity index (χ2v) is 8.94. The summed E-state index contributed by atoms with van der Waals surface area (Å²) in [6.07, 6.45) is 4.78. The van der Waals surface area contributed by atoms with Crippen LogP contribution in [0, 0.1) is 5.92 Å². The van der Waals surface area contributed by atoms with E-state index in [0.717, 1.165) is 38.0 Å². The first-order chi connectivity index (χ1) is 14.3. The normalized spacial score (nSPS) is 27.2. The molecule has 5 rings (SSSR count). The number of aromatic carboxylic acids is 1. The van der Waals surface area contributed by atoms with Crippen molar-refractivity contribution >= 4 is 22.6 Å². The third kappa shape index (κ3) is 2.80. The third-order valence-corrected chi connectivity index (χ3v) is 7.23. The zero-order chi connectivity index (χ0) is 21.2. The Bertz CT molecular complexity index is 1090. The molecule has 0 bridgehead atoms. The highest BCUT2D eigenvalue weighted by molar-refractivity contribution is 5.97. The van der Waals surface area contributed by atoms with Crippen LogP contribution in [0.5, 0.6) is 5.75 Å². The zero-order valence-electron chi connectivity index (χ0n) is 16.9. The van der Waals surface area contributed by atoms with Crippen molar-refractivity contribution in [3.8, 4) is 5.75 Å². The molecule has 0 spiro atoms. The first-order valence-electron chi connectivity index (χ1n) is 10.5. The number of ether oxygens (including phenoxy) is 1. The fourth-order valence-corrected chi connectivity index (χ4v) is 5.15. The van der Waals surface area contributed by atoms with Crippen LogP contribution in [0.25, 0.3) is 10.9 Å². The Balaban J connectivity index is 1.64. The standard InChI is InChI=1S/C22H26FN3O4/c1-30-20-16(25-8-5-12(10-25)22(24)6-2-7-22)4-3-13-18(20)26(17-9-15(17)23)11-14(19(13)27)21(28)29/h3-4,11-12,15,17H,2,5-10,24H2,1H3,(H,28,29)/t12-,15+,17-/m1/s1. The molecule has 7 nitrogen and oxygen atoms in total. The van der Waals surface area contributed by atoms with Crippen molar-refractivity contribution in [1.29, 1.82) is 0 Å². The van der Waals surface area contributed by atoms with E-state index in [4.69, 9.17) is 10.5 Å². The van der Waals surface area contributed by atoms with Gasteiger partial charge in [0.15, 0.2) is 5.75 Å². The largest absolute Gasteiger partial charge is 0.492 e. The van der Waals surface area contributed by atoms with Crippen LogP contribution in [0.1, 0.15) is 48.5 Å². The molecule has 3 atom stereocenters. The molecule has 1 aromatic carbocycles. The number of pyridine rings is 1. The topological polar surface area (TPSA) is 97.8 Å². The number of alkyl halides is 1. The van der Waals surface area contributed by atoms with Gasteiger partial charge < -0.3 is 25.0 Å². The monoisotopic (exact) mass is 415 g/mol. The smallest absolute Gasteiger partial charge is 0.341 e. The molecule has 0 radical (unpaired) electrons. The summed E-state index contributed by atoms with van der Waals surface area (Å²) in [6.45, 7) is 1.64. The average molecular weight is 415 g/mol. The second-order valence-electron chi connectivity index (χ2n) is 8.94. The minimum absolute atomic E-state index is 0.0905. The van der Waals surface area contributed by atoms with E-state index >= 15 is 0 Å². The molecule has 1 aromatic heterocycles. The zero-order valence-corrected chi connectivity index (χ0v) is 16.9. The molecule has 2 aliphatic carbocycles. The second kappa shape index (κ2) is 6.70. The first-order valence-corrected chi connectivity index (χ1v) is 10.5. The molecule has 30 heavy (non-hydrogen) atoms. The Hall–Kier alpha value is -2.61. The molecule has 2 saturated carbocycles. The van der Waals surface area contributed by atoms with Crippen LogP contribution >= 0.6 is 0 Å². The summed E-state index contributed by atoms with van der Waals surface area (Å²) in [5.74, 6) is -0.422. The predicted molar refractivity (Wildman–Crippen MR) is 111 cm³/mol. The number of carbonyl (C=O) groups is 1. The minimum atomic E-state index is -1.31. The van der Waals surface area contributed by atoms with Gasteiger partial charge in [0.05, 0.1) is 29.7 Å². The maximum atomic E-state index is 14.0. The summed E-state index contributed by atoms with van der Waals surface area (Å²) < 4.78 is 21.3. The van der Waals surface area contributed by atoms with Crippen LogP contribution in [0.4, 0.5) is 10.1 Å². The molecule has 3 aliphatic rings. The number of carboxylic acids is 1. The summed E-state index contributed by atoms with van der Waals surface area (Å²) >= 11 is 0. The lowest BCUT2D eigenvalue weighted by Crippen LogP contribution is -2.53. The maximum Gasteiger partial charge on any atom is 0.341 e. The van der Waals surface area contributed by atoms with Crippen molar-refractivity contribution in [3.05, 3.63) is 34.1 Å². The van der Waals surface area contributed by atoms with Crippen molar-refractivity contribution < 1.29 is 19.0 Å². The predicted octanol–water partition coefficient (Wildman–Crippen LogP) is 2.70. The highest BCUT2D eigenvalue weighted by atomic mass is 19.1. The number of carboxylic acid groups (broad SMARTS) is 1. The number of hydrogen-bond donors (Lipinski definition) is 2. The molecule has 8 heteroatoms. The fraction of sp³-hybridized carbons (Fsp3) is 0.545. The van der Waals surface area contributed by atoms with Crippen LogP contribution in [-0.4, -0.2) is 47.6 Å². The molecular weight excluding hydrogens is 389 g/mol. The Labute approximate surface area is 173 Å². The Kier molecular flexibility index (Phi) is 4.32. The van der Waals surface area contributed by atoms with Crippen LogP contribution in [0.3, 0.4) is 0 Å². The number of halogens is 1. The van der Waals surface area contributed by atoms with Crippen molar-refractivity contribution in [3.63, 3.8) is 0 Å². The van der Waals surface area contributed by atoms with Crippen LogP contribution in [0.2, 0.25) is 0 Å². The SMILES string of the molecule is COc1c(N2CC[C@@H](C3(N)CCC3)C2)ccc2c(=O)c(C(=O)O)cn([C@@H]3C[C@@H]3F)c12. The lowest BCUT2D eigenvalue weighted by molar-refractivity contribution is 0.0694. The number of rotatable bonds is 5. The van der Waals surface area contributed by atoms with Crippen molar-refractivity contribution in [2.45, 2.75) is 49.9 Å². The van der Waals surface area contributed by atoms with Crippen LogP contribution in [-0.2, 0) is 0 Å². The van der Waals surface area contributed by atoms with Crippen LogP contribution < -0.4 is 20.8 Å². The number of aromatic nitrogens is 1. The summed E-state index contributed by atoms with van der Waals surface area (Å²) in [4.78, 5) is 26.6. The van der Waals surface area contributed by atoms with E-state index in [1.54, 1.807) is 10.6 Å². The number of anilines is 1. The van der Waals surface area contributed by atoms with Gasteiger partial charge in [-0.2, -0.15) is 0 Å². The van der Waals surface area contributed by atoms with Crippen LogP contribution in [0.15, 0.2) is 23.1 Å². The number of fused-ring (bicyclic) bond motifs is 1. The Morgan fingerprint density at radius 3 is 2.67 bits per heavy atom. The van der Waals surface area contributed by atoms with Gasteiger partial charge in [0.1, 0.15) is 11.7 Å². The number of methoxy groups -OCH3 is 1. The van der Waals surface area contributed by atoms with Gasteiger partial charge in [0, 0.05) is 31.2 Å². The molecule has 3 fully saturated rings. The van der Waals surface area contributed by atoms with E-state index in [-0.39, 0.29) is 16.5 Å². The quantitative estimate of drug-likeness (QED) is 0.779. The van der Waals surface area contributed by atoms with E-state index in [2.05, 4.69) is 4.90 Å². The summed E-state index contributed by atoms with van der Waals surface area (Å²) in [6, 6.07) is 2.97. The number of hydrogen-bond acceptors (Lipinski definition) is 5. The number of benzene rings is 1. The van der Waals surface area contributed by atoms with E-state index in [1.165, 1.54) is 19.7 Å². The van der Waals surface area contributed by atoms with Gasteiger partial charge in [-0.25, -0.2) is 9.18 Å². The van der Waals surface area contributed by atoms with Gasteiger partial charge in [-0.05, 0) is 43.7 Å². The molecular formula is C22H26FN3O4. The molecule has 3 N–H and O–H groups in total. The fourth-order valence-electron chi connectivity index (χ4n) is 5.15. The van der Waals surface area contributed by atoms with Gasteiger partial charge in [-0.3, -0.25) is 4.79 Å². The number of nitrogens with zero attached hydrogens (tertiary/aromatic N) is 2. The highest BCUT2D eigenvalue weighted by Crippen LogP contribution is 2.46. The van der Waals surface area contributed by atoms with Gasteiger partial charge in [-0.1, -0.05) is 0 Å². The molecule has 0 amide bonds. The average Bonchev–Trinajstić information content (AvgIpc) is 3.22. The molecule has 1 saturated heterocycles.